The SMILES string of the molecule is C#Cc1ccc2cc(OCCOCCN)ccc2n1. The van der Waals surface area contributed by atoms with E-state index in [4.69, 9.17) is 21.6 Å². The lowest BCUT2D eigenvalue weighted by Gasteiger charge is -2.07. The van der Waals surface area contributed by atoms with E-state index >= 15 is 0 Å². The Balaban J connectivity index is 2.00. The number of benzene rings is 1. The van der Waals surface area contributed by atoms with Crippen LogP contribution in [0.2, 0.25) is 0 Å². The van der Waals surface area contributed by atoms with Crippen molar-refractivity contribution in [2.75, 3.05) is 26.4 Å². The molecule has 0 saturated carbocycles. The highest BCUT2D eigenvalue weighted by Gasteiger charge is 2.00. The molecule has 0 radical (unpaired) electrons. The molecule has 0 saturated heterocycles. The standard InChI is InChI=1S/C15H16N2O2/c1-2-13-4-3-12-11-14(5-6-15(12)17-13)19-10-9-18-8-7-16/h1,3-6,11H,7-10,16H2. The molecule has 0 spiro atoms. The number of terminal acetylenes is 1. The third-order valence-electron chi connectivity index (χ3n) is 2.57. The Morgan fingerprint density at radius 3 is 2.84 bits per heavy atom. The summed E-state index contributed by atoms with van der Waals surface area (Å²) in [5.41, 5.74) is 6.82. The van der Waals surface area contributed by atoms with Crippen LogP contribution in [-0.4, -0.2) is 31.3 Å². The number of nitrogens with zero attached hydrogens (tertiary/aromatic N) is 1. The van der Waals surface area contributed by atoms with Crippen LogP contribution in [0.3, 0.4) is 0 Å². The number of rotatable bonds is 6. The summed E-state index contributed by atoms with van der Waals surface area (Å²) >= 11 is 0. The van der Waals surface area contributed by atoms with Gasteiger partial charge >= 0.3 is 0 Å². The monoisotopic (exact) mass is 256 g/mol. The first-order valence-corrected chi connectivity index (χ1v) is 6.11. The lowest BCUT2D eigenvalue weighted by molar-refractivity contribution is 0.106. The average molecular weight is 256 g/mol. The van der Waals surface area contributed by atoms with Crippen LogP contribution in [0.25, 0.3) is 10.9 Å². The first-order valence-electron chi connectivity index (χ1n) is 6.11. The van der Waals surface area contributed by atoms with Crippen molar-refractivity contribution < 1.29 is 9.47 Å². The molecule has 4 heteroatoms. The van der Waals surface area contributed by atoms with Crippen molar-refractivity contribution in [2.24, 2.45) is 5.73 Å². The smallest absolute Gasteiger partial charge is 0.120 e. The highest BCUT2D eigenvalue weighted by atomic mass is 16.5. The molecule has 2 aromatic rings. The molecule has 19 heavy (non-hydrogen) atoms. The molecule has 1 aromatic carbocycles. The summed E-state index contributed by atoms with van der Waals surface area (Å²) in [4.78, 5) is 4.33. The maximum atomic E-state index is 5.58. The normalized spacial score (nSPS) is 10.3. The average Bonchev–Trinajstić information content (AvgIpc) is 2.46. The lowest BCUT2D eigenvalue weighted by Crippen LogP contribution is -2.13. The molecule has 0 aliphatic rings. The van der Waals surface area contributed by atoms with Gasteiger partial charge in [-0.05, 0) is 30.3 Å². The molecule has 2 rings (SSSR count). The third kappa shape index (κ3) is 3.68. The topological polar surface area (TPSA) is 57.4 Å². The summed E-state index contributed by atoms with van der Waals surface area (Å²) in [5.74, 6) is 3.31. The molecule has 0 amide bonds. The number of pyridine rings is 1. The van der Waals surface area contributed by atoms with Crippen LogP contribution >= 0.6 is 0 Å². The zero-order chi connectivity index (χ0) is 13.5. The highest BCUT2D eigenvalue weighted by molar-refractivity contribution is 5.80. The molecule has 2 N–H and O–H groups in total. The Morgan fingerprint density at radius 1 is 1.16 bits per heavy atom. The molecule has 98 valence electrons. The van der Waals surface area contributed by atoms with Gasteiger partial charge in [0.1, 0.15) is 18.1 Å². The van der Waals surface area contributed by atoms with E-state index in [0.717, 1.165) is 16.7 Å². The van der Waals surface area contributed by atoms with Crippen LogP contribution in [0, 0.1) is 12.3 Å². The largest absolute Gasteiger partial charge is 0.491 e. The first-order chi connectivity index (χ1) is 9.33. The fraction of sp³-hybridized carbons (Fsp3) is 0.267. The van der Waals surface area contributed by atoms with Gasteiger partial charge in [0.05, 0.1) is 18.7 Å². The Bertz CT molecular complexity index is 590. The molecular weight excluding hydrogens is 240 g/mol. The Labute approximate surface area is 112 Å². The quantitative estimate of drug-likeness (QED) is 0.629. The fourth-order valence-corrected chi connectivity index (χ4v) is 1.68. The van der Waals surface area contributed by atoms with Gasteiger partial charge in [-0.25, -0.2) is 4.98 Å². The van der Waals surface area contributed by atoms with Gasteiger partial charge in [0, 0.05) is 11.9 Å². The number of hydrogen-bond donors (Lipinski definition) is 1. The van der Waals surface area contributed by atoms with Crippen LogP contribution in [-0.2, 0) is 4.74 Å². The number of aromatic nitrogens is 1. The molecular formula is C15H16N2O2. The Hall–Kier alpha value is -2.09. The van der Waals surface area contributed by atoms with Crippen LogP contribution in [0.4, 0.5) is 0 Å². The summed E-state index contributed by atoms with van der Waals surface area (Å²) in [6, 6.07) is 9.46. The van der Waals surface area contributed by atoms with Gasteiger partial charge in [-0.2, -0.15) is 0 Å². The molecule has 0 atom stereocenters. The van der Waals surface area contributed by atoms with E-state index < -0.39 is 0 Å². The van der Waals surface area contributed by atoms with Crippen molar-refractivity contribution in [3.8, 4) is 18.1 Å². The maximum Gasteiger partial charge on any atom is 0.120 e. The molecule has 1 aromatic heterocycles. The minimum absolute atomic E-state index is 0.501. The van der Waals surface area contributed by atoms with Crippen molar-refractivity contribution in [1.82, 2.24) is 4.98 Å². The summed E-state index contributed by atoms with van der Waals surface area (Å²) in [6.07, 6.45) is 5.32. The second-order valence-electron chi connectivity index (χ2n) is 3.94. The number of ether oxygens (including phenoxy) is 2. The molecule has 0 aliphatic heterocycles. The van der Waals surface area contributed by atoms with Crippen LogP contribution in [0.15, 0.2) is 30.3 Å². The van der Waals surface area contributed by atoms with E-state index in [1.54, 1.807) is 0 Å². The van der Waals surface area contributed by atoms with Crippen LogP contribution in [0.1, 0.15) is 5.69 Å². The fourth-order valence-electron chi connectivity index (χ4n) is 1.68. The summed E-state index contributed by atoms with van der Waals surface area (Å²) in [6.45, 7) is 2.11. The van der Waals surface area contributed by atoms with Gasteiger partial charge < -0.3 is 15.2 Å². The Morgan fingerprint density at radius 2 is 2.05 bits per heavy atom. The van der Waals surface area contributed by atoms with Crippen molar-refractivity contribution in [3.63, 3.8) is 0 Å². The van der Waals surface area contributed by atoms with Crippen LogP contribution < -0.4 is 10.5 Å². The summed E-state index contributed by atoms with van der Waals surface area (Å²) < 4.78 is 10.8. The second kappa shape index (κ2) is 6.74. The summed E-state index contributed by atoms with van der Waals surface area (Å²) in [7, 11) is 0. The van der Waals surface area contributed by atoms with E-state index in [9.17, 15) is 0 Å². The lowest BCUT2D eigenvalue weighted by atomic mass is 10.2. The first kappa shape index (κ1) is 13.3. The van der Waals surface area contributed by atoms with Gasteiger partial charge in [-0.15, -0.1) is 6.42 Å². The minimum Gasteiger partial charge on any atom is -0.491 e. The van der Waals surface area contributed by atoms with Crippen molar-refractivity contribution in [1.29, 1.82) is 0 Å². The number of fused-ring (bicyclic) bond motifs is 1. The predicted molar refractivity (Wildman–Crippen MR) is 75.0 cm³/mol. The Kier molecular flexibility index (Phi) is 4.73. The van der Waals surface area contributed by atoms with Gasteiger partial charge in [-0.1, -0.05) is 5.92 Å². The van der Waals surface area contributed by atoms with Gasteiger partial charge in [0.15, 0.2) is 0 Å². The maximum absolute atomic E-state index is 5.58. The molecule has 0 bridgehead atoms. The van der Waals surface area contributed by atoms with E-state index in [0.29, 0.717) is 32.1 Å². The van der Waals surface area contributed by atoms with Crippen molar-refractivity contribution >= 4 is 10.9 Å². The molecule has 4 nitrogen and oxygen atoms in total. The molecule has 0 aliphatic carbocycles. The zero-order valence-electron chi connectivity index (χ0n) is 10.6. The highest BCUT2D eigenvalue weighted by Crippen LogP contribution is 2.19. The van der Waals surface area contributed by atoms with E-state index in [2.05, 4.69) is 10.9 Å². The van der Waals surface area contributed by atoms with Gasteiger partial charge in [0.2, 0.25) is 0 Å². The van der Waals surface area contributed by atoms with Gasteiger partial charge in [0.25, 0.3) is 0 Å². The number of nitrogens with two attached hydrogens (primary N) is 1. The summed E-state index contributed by atoms with van der Waals surface area (Å²) in [5, 5.41) is 0.999. The minimum atomic E-state index is 0.501. The van der Waals surface area contributed by atoms with Crippen molar-refractivity contribution in [3.05, 3.63) is 36.0 Å². The van der Waals surface area contributed by atoms with E-state index in [1.165, 1.54) is 0 Å². The third-order valence-corrected chi connectivity index (χ3v) is 2.57. The number of hydrogen-bond acceptors (Lipinski definition) is 4. The van der Waals surface area contributed by atoms with Crippen LogP contribution in [0.5, 0.6) is 5.75 Å². The molecule has 1 heterocycles. The second-order valence-corrected chi connectivity index (χ2v) is 3.94. The predicted octanol–water partition coefficient (Wildman–Crippen LogP) is 1.57. The van der Waals surface area contributed by atoms with E-state index in [1.807, 2.05) is 30.3 Å². The van der Waals surface area contributed by atoms with Crippen molar-refractivity contribution in [2.45, 2.75) is 0 Å². The van der Waals surface area contributed by atoms with Gasteiger partial charge in [-0.3, -0.25) is 0 Å². The zero-order valence-corrected chi connectivity index (χ0v) is 10.6. The van der Waals surface area contributed by atoms with E-state index in [-0.39, 0.29) is 0 Å². The molecule has 0 unspecified atom stereocenters. The molecule has 0 fully saturated rings.